The van der Waals surface area contributed by atoms with Crippen LogP contribution in [0.3, 0.4) is 0 Å². The van der Waals surface area contributed by atoms with Crippen molar-refractivity contribution in [3.63, 3.8) is 0 Å². The Morgan fingerprint density at radius 3 is 2.50 bits per heavy atom. The monoisotopic (exact) mass is 377 g/mol. The van der Waals surface area contributed by atoms with Crippen molar-refractivity contribution in [3.8, 4) is 6.07 Å². The molecule has 1 unspecified atom stereocenters. The molecule has 0 spiro atoms. The maximum Gasteiger partial charge on any atom is 0.281 e. The van der Waals surface area contributed by atoms with Crippen molar-refractivity contribution < 1.29 is 13.2 Å². The molecule has 0 bridgehead atoms. The van der Waals surface area contributed by atoms with E-state index in [0.717, 1.165) is 18.4 Å². The molecule has 2 aliphatic heterocycles. The SMILES string of the molecule is COCC1CCCN(S(=O)(=O)N2CCC(C#N)(c3ccccc3)CC2)C1. The Kier molecular flexibility index (Phi) is 5.98. The highest BCUT2D eigenvalue weighted by Crippen LogP contribution is 2.36. The highest BCUT2D eigenvalue weighted by molar-refractivity contribution is 7.86. The average Bonchev–Trinajstić information content (AvgIpc) is 2.69. The molecule has 2 aliphatic rings. The Morgan fingerprint density at radius 1 is 1.19 bits per heavy atom. The summed E-state index contributed by atoms with van der Waals surface area (Å²) in [6.45, 7) is 2.46. The van der Waals surface area contributed by atoms with E-state index < -0.39 is 15.6 Å². The van der Waals surface area contributed by atoms with Gasteiger partial charge in [0.05, 0.1) is 18.1 Å². The van der Waals surface area contributed by atoms with Crippen molar-refractivity contribution in [1.82, 2.24) is 8.61 Å². The fourth-order valence-corrected chi connectivity index (χ4v) is 5.82. The first kappa shape index (κ1) is 19.3. The van der Waals surface area contributed by atoms with Gasteiger partial charge in [-0.2, -0.15) is 22.3 Å². The van der Waals surface area contributed by atoms with Crippen LogP contribution in [0.15, 0.2) is 30.3 Å². The Labute approximate surface area is 156 Å². The van der Waals surface area contributed by atoms with E-state index in [1.807, 2.05) is 30.3 Å². The Bertz CT molecular complexity index is 735. The van der Waals surface area contributed by atoms with Gasteiger partial charge in [0.15, 0.2) is 0 Å². The molecule has 26 heavy (non-hydrogen) atoms. The first-order valence-electron chi connectivity index (χ1n) is 9.23. The number of hydrogen-bond acceptors (Lipinski definition) is 4. The maximum atomic E-state index is 13.1. The molecule has 1 aromatic rings. The highest BCUT2D eigenvalue weighted by Gasteiger charge is 2.42. The molecule has 7 heteroatoms. The molecule has 0 radical (unpaired) electrons. The van der Waals surface area contributed by atoms with Crippen LogP contribution in [0.4, 0.5) is 0 Å². The molecule has 0 aliphatic carbocycles. The predicted molar refractivity (Wildman–Crippen MR) is 99.6 cm³/mol. The van der Waals surface area contributed by atoms with E-state index in [1.54, 1.807) is 15.7 Å². The minimum Gasteiger partial charge on any atom is -0.384 e. The number of benzene rings is 1. The maximum absolute atomic E-state index is 13.1. The third-order valence-corrected chi connectivity index (χ3v) is 7.65. The van der Waals surface area contributed by atoms with Crippen LogP contribution in [-0.4, -0.2) is 56.9 Å². The van der Waals surface area contributed by atoms with Crippen LogP contribution < -0.4 is 0 Å². The molecule has 2 heterocycles. The summed E-state index contributed by atoms with van der Waals surface area (Å²) in [7, 11) is -1.82. The quantitative estimate of drug-likeness (QED) is 0.788. The van der Waals surface area contributed by atoms with E-state index in [1.165, 1.54) is 0 Å². The Hall–Kier alpha value is -1.46. The van der Waals surface area contributed by atoms with Gasteiger partial charge in [-0.15, -0.1) is 0 Å². The lowest BCUT2D eigenvalue weighted by atomic mass is 9.74. The Balaban J connectivity index is 1.70. The first-order valence-corrected chi connectivity index (χ1v) is 10.6. The number of piperidine rings is 2. The molecule has 1 aromatic carbocycles. The van der Waals surface area contributed by atoms with Gasteiger partial charge in [0.1, 0.15) is 0 Å². The van der Waals surface area contributed by atoms with E-state index in [-0.39, 0.29) is 5.92 Å². The van der Waals surface area contributed by atoms with Crippen LogP contribution in [0.25, 0.3) is 0 Å². The largest absolute Gasteiger partial charge is 0.384 e. The van der Waals surface area contributed by atoms with Gasteiger partial charge in [0.25, 0.3) is 10.2 Å². The van der Waals surface area contributed by atoms with Crippen molar-refractivity contribution in [2.24, 2.45) is 5.92 Å². The molecule has 0 aromatic heterocycles. The van der Waals surface area contributed by atoms with Gasteiger partial charge in [-0.1, -0.05) is 30.3 Å². The summed E-state index contributed by atoms with van der Waals surface area (Å²) in [6, 6.07) is 12.2. The van der Waals surface area contributed by atoms with E-state index in [4.69, 9.17) is 4.74 Å². The summed E-state index contributed by atoms with van der Waals surface area (Å²) < 4.78 is 34.5. The summed E-state index contributed by atoms with van der Waals surface area (Å²) in [5, 5.41) is 9.78. The number of nitrogens with zero attached hydrogens (tertiary/aromatic N) is 3. The fraction of sp³-hybridized carbons (Fsp3) is 0.632. The zero-order chi connectivity index (χ0) is 18.6. The fourth-order valence-electron chi connectivity index (χ4n) is 4.09. The molecule has 142 valence electrons. The second-order valence-corrected chi connectivity index (χ2v) is 9.22. The molecule has 6 nitrogen and oxygen atoms in total. The van der Waals surface area contributed by atoms with Crippen molar-refractivity contribution in [3.05, 3.63) is 35.9 Å². The molecule has 2 saturated heterocycles. The lowest BCUT2D eigenvalue weighted by molar-refractivity contribution is 0.115. The zero-order valence-electron chi connectivity index (χ0n) is 15.3. The van der Waals surface area contributed by atoms with Gasteiger partial charge in [-0.05, 0) is 37.2 Å². The molecule has 0 N–H and O–H groups in total. The minimum absolute atomic E-state index is 0.260. The van der Waals surface area contributed by atoms with Crippen LogP contribution in [0.5, 0.6) is 0 Å². The number of methoxy groups -OCH3 is 1. The highest BCUT2D eigenvalue weighted by atomic mass is 32.2. The van der Waals surface area contributed by atoms with E-state index >= 15 is 0 Å². The van der Waals surface area contributed by atoms with Crippen molar-refractivity contribution >= 4 is 10.2 Å². The lowest BCUT2D eigenvalue weighted by Gasteiger charge is -2.40. The van der Waals surface area contributed by atoms with Gasteiger partial charge in [0, 0.05) is 33.3 Å². The molecular formula is C19H27N3O3S. The van der Waals surface area contributed by atoms with Crippen LogP contribution in [0.2, 0.25) is 0 Å². The molecule has 3 rings (SSSR count). The third kappa shape index (κ3) is 3.79. The molecule has 0 amide bonds. The van der Waals surface area contributed by atoms with Gasteiger partial charge in [-0.3, -0.25) is 0 Å². The number of ether oxygens (including phenoxy) is 1. The zero-order valence-corrected chi connectivity index (χ0v) is 16.1. The third-order valence-electron chi connectivity index (χ3n) is 5.65. The number of nitriles is 1. The van der Waals surface area contributed by atoms with Crippen molar-refractivity contribution in [2.45, 2.75) is 31.1 Å². The second-order valence-electron chi connectivity index (χ2n) is 7.29. The van der Waals surface area contributed by atoms with Gasteiger partial charge in [-0.25, -0.2) is 0 Å². The van der Waals surface area contributed by atoms with E-state index in [2.05, 4.69) is 6.07 Å². The summed E-state index contributed by atoms with van der Waals surface area (Å²) >= 11 is 0. The molecule has 2 fully saturated rings. The van der Waals surface area contributed by atoms with Crippen LogP contribution in [0, 0.1) is 17.2 Å². The Morgan fingerprint density at radius 2 is 1.88 bits per heavy atom. The van der Waals surface area contributed by atoms with Gasteiger partial charge in [0.2, 0.25) is 0 Å². The molecule has 1 atom stereocenters. The van der Waals surface area contributed by atoms with Gasteiger partial charge >= 0.3 is 0 Å². The summed E-state index contributed by atoms with van der Waals surface area (Å²) in [6.07, 6.45) is 2.93. The number of hydrogen-bond donors (Lipinski definition) is 0. The average molecular weight is 378 g/mol. The first-order chi connectivity index (χ1) is 12.5. The lowest BCUT2D eigenvalue weighted by Crippen LogP contribution is -2.52. The summed E-state index contributed by atoms with van der Waals surface area (Å²) in [4.78, 5) is 0. The smallest absolute Gasteiger partial charge is 0.281 e. The van der Waals surface area contributed by atoms with Crippen LogP contribution in [-0.2, 0) is 20.4 Å². The minimum atomic E-state index is -3.48. The normalized spacial score (nSPS) is 24.8. The molecular weight excluding hydrogens is 350 g/mol. The summed E-state index contributed by atoms with van der Waals surface area (Å²) in [5.74, 6) is 0.260. The standard InChI is InChI=1S/C19H27N3O3S/c1-25-15-17-6-5-11-22(14-17)26(23,24)21-12-9-19(16-20,10-13-21)18-7-3-2-4-8-18/h2-4,7-8,17H,5-6,9-15H2,1H3. The van der Waals surface area contributed by atoms with E-state index in [9.17, 15) is 13.7 Å². The predicted octanol–water partition coefficient (Wildman–Crippen LogP) is 2.15. The van der Waals surface area contributed by atoms with Crippen molar-refractivity contribution in [2.75, 3.05) is 39.9 Å². The summed E-state index contributed by atoms with van der Waals surface area (Å²) in [5.41, 5.74) is 0.394. The second kappa shape index (κ2) is 8.05. The van der Waals surface area contributed by atoms with Crippen LogP contribution in [0.1, 0.15) is 31.2 Å². The van der Waals surface area contributed by atoms with E-state index in [0.29, 0.717) is 45.6 Å². The van der Waals surface area contributed by atoms with Gasteiger partial charge < -0.3 is 4.74 Å². The molecule has 0 saturated carbocycles. The van der Waals surface area contributed by atoms with Crippen LogP contribution >= 0.6 is 0 Å². The topological polar surface area (TPSA) is 73.6 Å². The van der Waals surface area contributed by atoms with Crippen molar-refractivity contribution in [1.29, 1.82) is 5.26 Å². The number of rotatable bonds is 5.